The van der Waals surface area contributed by atoms with E-state index >= 15 is 0 Å². The monoisotopic (exact) mass is 283 g/mol. The number of carbonyl (C=O) groups is 1. The third kappa shape index (κ3) is 4.22. The molecule has 0 unspecified atom stereocenters. The van der Waals surface area contributed by atoms with E-state index in [1.165, 1.54) is 11.1 Å². The van der Waals surface area contributed by atoms with Gasteiger partial charge in [-0.3, -0.25) is 0 Å². The standard InChI is InChI=1S/C12H17N.C3H5ClO2/c1-8-4-6-9(7-5-8)10-11(13)12(10,2)3;1-2-6-3(4)5/h4-7,10-11H,13H2,1-3H3;2H2,1H3/t10-,11-;/m0./s1. The predicted molar refractivity (Wildman–Crippen MR) is 78.6 cm³/mol. The minimum absolute atomic E-state index is 0.301. The van der Waals surface area contributed by atoms with E-state index < -0.39 is 5.43 Å². The maximum absolute atomic E-state index is 9.59. The summed E-state index contributed by atoms with van der Waals surface area (Å²) in [7, 11) is 0. The Morgan fingerprint density at radius 3 is 2.11 bits per heavy atom. The number of hydrogen-bond acceptors (Lipinski definition) is 3. The first kappa shape index (κ1) is 16.0. The van der Waals surface area contributed by atoms with Crippen molar-refractivity contribution < 1.29 is 9.53 Å². The molecule has 0 saturated heterocycles. The zero-order valence-corrected chi connectivity index (χ0v) is 12.7. The summed E-state index contributed by atoms with van der Waals surface area (Å²) in [6.07, 6.45) is 0. The summed E-state index contributed by atoms with van der Waals surface area (Å²) in [6.45, 7) is 8.63. The summed E-state index contributed by atoms with van der Waals surface area (Å²) in [5.74, 6) is 0.563. The molecule has 0 aliphatic heterocycles. The second-order valence-corrected chi connectivity index (χ2v) is 5.71. The fourth-order valence-electron chi connectivity index (χ4n) is 2.20. The fourth-order valence-corrected chi connectivity index (χ4v) is 2.31. The summed E-state index contributed by atoms with van der Waals surface area (Å²) in [6, 6.07) is 9.08. The molecule has 1 aliphatic carbocycles. The van der Waals surface area contributed by atoms with Crippen molar-refractivity contribution in [2.45, 2.75) is 39.7 Å². The van der Waals surface area contributed by atoms with Gasteiger partial charge in [0, 0.05) is 23.6 Å². The van der Waals surface area contributed by atoms with Crippen molar-refractivity contribution in [3.05, 3.63) is 35.4 Å². The molecule has 2 N–H and O–H groups in total. The molecule has 1 aliphatic rings. The summed E-state index contributed by atoms with van der Waals surface area (Å²) >= 11 is 4.72. The van der Waals surface area contributed by atoms with Crippen molar-refractivity contribution in [3.8, 4) is 0 Å². The lowest BCUT2D eigenvalue weighted by Crippen LogP contribution is -2.06. The quantitative estimate of drug-likeness (QED) is 0.839. The van der Waals surface area contributed by atoms with Gasteiger partial charge in [-0.1, -0.05) is 43.7 Å². The Morgan fingerprint density at radius 1 is 1.37 bits per heavy atom. The largest absolute Gasteiger partial charge is 0.454 e. The van der Waals surface area contributed by atoms with Crippen LogP contribution in [0.2, 0.25) is 0 Å². The van der Waals surface area contributed by atoms with Crippen molar-refractivity contribution in [2.75, 3.05) is 6.61 Å². The molecule has 1 aromatic rings. The molecule has 0 heterocycles. The van der Waals surface area contributed by atoms with Gasteiger partial charge in [0.2, 0.25) is 0 Å². The average Bonchev–Trinajstić information content (AvgIpc) is 2.80. The second-order valence-electron chi connectivity index (χ2n) is 5.41. The van der Waals surface area contributed by atoms with Gasteiger partial charge >= 0.3 is 5.43 Å². The Morgan fingerprint density at radius 2 is 1.84 bits per heavy atom. The van der Waals surface area contributed by atoms with E-state index in [2.05, 4.69) is 49.8 Å². The van der Waals surface area contributed by atoms with Crippen LogP contribution in [0.25, 0.3) is 0 Å². The van der Waals surface area contributed by atoms with Crippen LogP contribution in [0.3, 0.4) is 0 Å². The van der Waals surface area contributed by atoms with E-state index in [9.17, 15) is 4.79 Å². The molecule has 0 bridgehead atoms. The SMILES string of the molecule is CCOC(=O)Cl.Cc1ccc([C@H]2[C@H](N)C2(C)C)cc1. The Balaban J connectivity index is 0.000000258. The maximum Gasteiger partial charge on any atom is 0.403 e. The lowest BCUT2D eigenvalue weighted by Gasteiger charge is -2.02. The molecule has 4 heteroatoms. The molecule has 0 spiro atoms. The van der Waals surface area contributed by atoms with Crippen LogP contribution in [-0.4, -0.2) is 18.1 Å². The number of carbonyl (C=O) groups excluding carboxylic acids is 1. The number of halogens is 1. The number of hydrogen-bond donors (Lipinski definition) is 1. The summed E-state index contributed by atoms with van der Waals surface area (Å²) in [4.78, 5) is 9.59. The Kier molecular flexibility index (Phi) is 5.39. The van der Waals surface area contributed by atoms with Crippen molar-refractivity contribution in [3.63, 3.8) is 0 Å². The van der Waals surface area contributed by atoms with Gasteiger partial charge in [-0.15, -0.1) is 0 Å². The van der Waals surface area contributed by atoms with Crippen molar-refractivity contribution in [1.29, 1.82) is 0 Å². The highest BCUT2D eigenvalue weighted by molar-refractivity contribution is 6.61. The maximum atomic E-state index is 9.59. The molecule has 1 fully saturated rings. The summed E-state index contributed by atoms with van der Waals surface area (Å²) in [5, 5.41) is 0. The Labute approximate surface area is 120 Å². The lowest BCUT2D eigenvalue weighted by molar-refractivity contribution is 0.180. The molecular weight excluding hydrogens is 262 g/mol. The van der Waals surface area contributed by atoms with Crippen molar-refractivity contribution >= 4 is 17.0 Å². The zero-order valence-electron chi connectivity index (χ0n) is 11.9. The minimum atomic E-state index is -0.738. The van der Waals surface area contributed by atoms with E-state index in [0.29, 0.717) is 24.0 Å². The number of nitrogens with two attached hydrogens (primary N) is 1. The highest BCUT2D eigenvalue weighted by Gasteiger charge is 2.55. The molecule has 3 nitrogen and oxygen atoms in total. The van der Waals surface area contributed by atoms with Crippen LogP contribution < -0.4 is 5.73 Å². The summed E-state index contributed by atoms with van der Waals surface area (Å²) < 4.78 is 4.17. The van der Waals surface area contributed by atoms with Crippen LogP contribution in [0, 0.1) is 12.3 Å². The van der Waals surface area contributed by atoms with E-state index in [4.69, 9.17) is 17.3 Å². The predicted octanol–water partition coefficient (Wildman–Crippen LogP) is 3.83. The Bertz CT molecular complexity index is 428. The molecule has 106 valence electrons. The molecule has 2 atom stereocenters. The van der Waals surface area contributed by atoms with Crippen LogP contribution in [0.4, 0.5) is 4.79 Å². The molecule has 1 saturated carbocycles. The van der Waals surface area contributed by atoms with Gasteiger partial charge in [-0.05, 0) is 24.8 Å². The average molecular weight is 284 g/mol. The number of benzene rings is 1. The van der Waals surface area contributed by atoms with Gasteiger partial charge < -0.3 is 10.5 Å². The van der Waals surface area contributed by atoms with Crippen LogP contribution in [-0.2, 0) is 4.74 Å². The number of rotatable bonds is 2. The van der Waals surface area contributed by atoms with Gasteiger partial charge in [-0.25, -0.2) is 4.79 Å². The number of ether oxygens (including phenoxy) is 1. The number of aryl methyl sites for hydroxylation is 1. The molecule has 0 radical (unpaired) electrons. The fraction of sp³-hybridized carbons (Fsp3) is 0.533. The normalized spacial score (nSPS) is 23.1. The van der Waals surface area contributed by atoms with Gasteiger partial charge in [0.1, 0.15) is 0 Å². The third-order valence-electron chi connectivity index (χ3n) is 3.60. The highest BCUT2D eigenvalue weighted by Crippen LogP contribution is 2.57. The van der Waals surface area contributed by atoms with Crippen molar-refractivity contribution in [2.24, 2.45) is 11.1 Å². The minimum Gasteiger partial charge on any atom is -0.454 e. The first-order valence-electron chi connectivity index (χ1n) is 6.45. The second kappa shape index (κ2) is 6.40. The molecule has 0 amide bonds. The Hall–Kier alpha value is -1.06. The molecule has 19 heavy (non-hydrogen) atoms. The first-order chi connectivity index (χ1) is 8.80. The molecule has 0 aromatic heterocycles. The van der Waals surface area contributed by atoms with Crippen LogP contribution in [0.1, 0.15) is 37.8 Å². The van der Waals surface area contributed by atoms with Crippen molar-refractivity contribution in [1.82, 2.24) is 0 Å². The zero-order chi connectivity index (χ0) is 14.6. The smallest absolute Gasteiger partial charge is 0.403 e. The lowest BCUT2D eigenvalue weighted by atomic mass is 10.0. The van der Waals surface area contributed by atoms with E-state index in [-0.39, 0.29) is 0 Å². The highest BCUT2D eigenvalue weighted by atomic mass is 35.5. The van der Waals surface area contributed by atoms with E-state index in [0.717, 1.165) is 0 Å². The van der Waals surface area contributed by atoms with E-state index in [1.807, 2.05) is 0 Å². The van der Waals surface area contributed by atoms with Crippen LogP contribution in [0.5, 0.6) is 0 Å². The van der Waals surface area contributed by atoms with Crippen LogP contribution >= 0.6 is 11.6 Å². The van der Waals surface area contributed by atoms with Gasteiger partial charge in [0.05, 0.1) is 6.61 Å². The molecular formula is C15H22ClNO2. The molecule has 2 rings (SSSR count). The van der Waals surface area contributed by atoms with E-state index in [1.54, 1.807) is 6.92 Å². The first-order valence-corrected chi connectivity index (χ1v) is 6.83. The van der Waals surface area contributed by atoms with Gasteiger partial charge in [-0.2, -0.15) is 0 Å². The summed E-state index contributed by atoms with van der Waals surface area (Å²) in [5.41, 5.74) is 8.28. The topological polar surface area (TPSA) is 52.3 Å². The molecule has 1 aromatic carbocycles. The van der Waals surface area contributed by atoms with Gasteiger partial charge in [0.25, 0.3) is 0 Å². The third-order valence-corrected chi connectivity index (χ3v) is 3.71. The van der Waals surface area contributed by atoms with Gasteiger partial charge in [0.15, 0.2) is 0 Å². The van der Waals surface area contributed by atoms with Crippen LogP contribution in [0.15, 0.2) is 24.3 Å².